The van der Waals surface area contributed by atoms with E-state index in [0.717, 1.165) is 58.4 Å². The highest BCUT2D eigenvalue weighted by Gasteiger charge is 2.50. The number of fused-ring (bicyclic) bond motifs is 1. The Kier molecular flexibility index (Phi) is 10.4. The van der Waals surface area contributed by atoms with Gasteiger partial charge in [-0.2, -0.15) is 0 Å². The molecule has 2 heterocycles. The summed E-state index contributed by atoms with van der Waals surface area (Å²) in [5, 5.41) is 9.74. The molecule has 0 unspecified atom stereocenters. The SMILES string of the molecule is CCCNC(=O)CN1CCC(NC(=O)[C@@]23CCCC[C@H]2CNC3)CC1.Cl.Cl. The van der Waals surface area contributed by atoms with Crippen LogP contribution in [0.5, 0.6) is 0 Å². The number of carbonyl (C=O) groups excluding carboxylic acids is 2. The van der Waals surface area contributed by atoms with Crippen LogP contribution in [0.25, 0.3) is 0 Å². The van der Waals surface area contributed by atoms with Crippen LogP contribution in [0.4, 0.5) is 0 Å². The number of hydrogen-bond donors (Lipinski definition) is 3. The number of halogens is 2. The number of amides is 2. The van der Waals surface area contributed by atoms with Crippen molar-refractivity contribution in [2.75, 3.05) is 39.3 Å². The van der Waals surface area contributed by atoms with Crippen LogP contribution in [-0.4, -0.2) is 62.0 Å². The Morgan fingerprint density at radius 2 is 1.89 bits per heavy atom. The van der Waals surface area contributed by atoms with Gasteiger partial charge >= 0.3 is 0 Å². The molecule has 0 spiro atoms. The molecule has 2 saturated heterocycles. The van der Waals surface area contributed by atoms with Crippen molar-refractivity contribution in [2.45, 2.75) is 57.9 Å². The molecule has 6 nitrogen and oxygen atoms in total. The monoisotopic (exact) mass is 422 g/mol. The molecule has 3 fully saturated rings. The van der Waals surface area contributed by atoms with E-state index >= 15 is 0 Å². The molecule has 158 valence electrons. The summed E-state index contributed by atoms with van der Waals surface area (Å²) in [6.07, 6.45) is 7.52. The van der Waals surface area contributed by atoms with E-state index in [0.29, 0.717) is 12.5 Å². The number of likely N-dealkylation sites (tertiary alicyclic amines) is 1. The second-order valence-electron chi connectivity index (χ2n) is 8.10. The summed E-state index contributed by atoms with van der Waals surface area (Å²) in [6.45, 7) is 6.92. The Hall–Kier alpha value is -0.560. The molecule has 1 saturated carbocycles. The second kappa shape index (κ2) is 11.4. The van der Waals surface area contributed by atoms with E-state index in [-0.39, 0.29) is 48.1 Å². The third-order valence-corrected chi connectivity index (χ3v) is 6.35. The molecular formula is C19H36Cl2N4O2. The minimum atomic E-state index is -0.157. The maximum Gasteiger partial charge on any atom is 0.234 e. The second-order valence-corrected chi connectivity index (χ2v) is 8.10. The first-order valence-electron chi connectivity index (χ1n) is 10.1. The van der Waals surface area contributed by atoms with E-state index in [1.807, 2.05) is 0 Å². The Morgan fingerprint density at radius 3 is 2.59 bits per heavy atom. The molecule has 27 heavy (non-hydrogen) atoms. The van der Waals surface area contributed by atoms with Gasteiger partial charge in [-0.25, -0.2) is 0 Å². The highest BCUT2D eigenvalue weighted by atomic mass is 35.5. The molecule has 2 aliphatic heterocycles. The zero-order valence-electron chi connectivity index (χ0n) is 16.4. The van der Waals surface area contributed by atoms with Gasteiger partial charge in [-0.1, -0.05) is 19.8 Å². The predicted molar refractivity (Wildman–Crippen MR) is 113 cm³/mol. The van der Waals surface area contributed by atoms with Crippen LogP contribution in [-0.2, 0) is 9.59 Å². The number of piperidine rings is 1. The largest absolute Gasteiger partial charge is 0.355 e. The van der Waals surface area contributed by atoms with Gasteiger partial charge in [-0.15, -0.1) is 24.8 Å². The number of nitrogens with one attached hydrogen (secondary N) is 3. The van der Waals surface area contributed by atoms with Crippen molar-refractivity contribution in [1.29, 1.82) is 0 Å². The topological polar surface area (TPSA) is 73.5 Å². The minimum Gasteiger partial charge on any atom is -0.355 e. The van der Waals surface area contributed by atoms with Crippen molar-refractivity contribution in [3.8, 4) is 0 Å². The molecule has 0 aromatic carbocycles. The lowest BCUT2D eigenvalue weighted by atomic mass is 9.67. The molecule has 0 radical (unpaired) electrons. The summed E-state index contributed by atoms with van der Waals surface area (Å²) in [5.41, 5.74) is -0.157. The molecule has 2 atom stereocenters. The van der Waals surface area contributed by atoms with Crippen molar-refractivity contribution in [2.24, 2.45) is 11.3 Å². The fraction of sp³-hybridized carbons (Fsp3) is 0.895. The van der Waals surface area contributed by atoms with Gasteiger partial charge in [0.2, 0.25) is 11.8 Å². The van der Waals surface area contributed by atoms with Crippen LogP contribution in [0.1, 0.15) is 51.9 Å². The van der Waals surface area contributed by atoms with Gasteiger partial charge < -0.3 is 16.0 Å². The average Bonchev–Trinajstić information content (AvgIpc) is 3.07. The Bertz CT molecular complexity index is 486. The molecule has 3 rings (SSSR count). The van der Waals surface area contributed by atoms with Crippen molar-refractivity contribution in [3.63, 3.8) is 0 Å². The van der Waals surface area contributed by atoms with Crippen molar-refractivity contribution in [3.05, 3.63) is 0 Å². The predicted octanol–water partition coefficient (Wildman–Crippen LogP) is 1.72. The first kappa shape index (κ1) is 24.5. The van der Waals surface area contributed by atoms with E-state index < -0.39 is 0 Å². The van der Waals surface area contributed by atoms with Crippen LogP contribution >= 0.6 is 24.8 Å². The summed E-state index contributed by atoms with van der Waals surface area (Å²) in [4.78, 5) is 27.0. The molecular weight excluding hydrogens is 387 g/mol. The quantitative estimate of drug-likeness (QED) is 0.608. The number of rotatable bonds is 6. The highest BCUT2D eigenvalue weighted by Crippen LogP contribution is 2.44. The smallest absolute Gasteiger partial charge is 0.234 e. The Balaban J connectivity index is 0.00000182. The lowest BCUT2D eigenvalue weighted by Crippen LogP contribution is -2.53. The Labute approximate surface area is 175 Å². The zero-order valence-corrected chi connectivity index (χ0v) is 18.1. The van der Waals surface area contributed by atoms with Gasteiger partial charge in [0.1, 0.15) is 0 Å². The maximum atomic E-state index is 13.0. The number of nitrogens with zero attached hydrogens (tertiary/aromatic N) is 1. The van der Waals surface area contributed by atoms with E-state index in [2.05, 4.69) is 27.8 Å². The van der Waals surface area contributed by atoms with Crippen LogP contribution in [0, 0.1) is 11.3 Å². The van der Waals surface area contributed by atoms with Gasteiger partial charge in [-0.3, -0.25) is 14.5 Å². The highest BCUT2D eigenvalue weighted by molar-refractivity contribution is 5.85. The number of hydrogen-bond acceptors (Lipinski definition) is 4. The molecule has 2 amide bonds. The summed E-state index contributed by atoms with van der Waals surface area (Å²) >= 11 is 0. The van der Waals surface area contributed by atoms with E-state index in [1.54, 1.807) is 0 Å². The molecule has 1 aliphatic carbocycles. The fourth-order valence-corrected chi connectivity index (χ4v) is 4.78. The third kappa shape index (κ3) is 5.96. The van der Waals surface area contributed by atoms with Gasteiger partial charge in [0.15, 0.2) is 0 Å². The van der Waals surface area contributed by atoms with Gasteiger partial charge in [-0.05, 0) is 44.6 Å². The summed E-state index contributed by atoms with van der Waals surface area (Å²) in [5.74, 6) is 0.912. The molecule has 0 bridgehead atoms. The van der Waals surface area contributed by atoms with Crippen LogP contribution < -0.4 is 16.0 Å². The summed E-state index contributed by atoms with van der Waals surface area (Å²) in [6, 6.07) is 0.264. The molecule has 0 aromatic rings. The third-order valence-electron chi connectivity index (χ3n) is 6.35. The first-order chi connectivity index (χ1) is 12.1. The van der Waals surface area contributed by atoms with Crippen LogP contribution in [0.2, 0.25) is 0 Å². The first-order valence-corrected chi connectivity index (χ1v) is 10.1. The van der Waals surface area contributed by atoms with Gasteiger partial charge in [0, 0.05) is 32.2 Å². The molecule has 3 N–H and O–H groups in total. The van der Waals surface area contributed by atoms with Gasteiger partial charge in [0.05, 0.1) is 12.0 Å². The lowest BCUT2D eigenvalue weighted by Gasteiger charge is -2.39. The number of carbonyl (C=O) groups is 2. The van der Waals surface area contributed by atoms with E-state index in [9.17, 15) is 9.59 Å². The maximum absolute atomic E-state index is 13.0. The standard InChI is InChI=1S/C19H34N4O2.2ClH/c1-2-9-21-17(24)13-23-10-6-16(7-11-23)22-18(25)19-8-4-3-5-15(19)12-20-14-19;;/h15-16,20H,2-14H2,1H3,(H,21,24)(H,22,25);2*1H/t15-,19+;;/m0../s1. The molecule has 0 aromatic heterocycles. The Morgan fingerprint density at radius 1 is 1.15 bits per heavy atom. The lowest BCUT2D eigenvalue weighted by molar-refractivity contribution is -0.135. The summed E-state index contributed by atoms with van der Waals surface area (Å²) in [7, 11) is 0. The van der Waals surface area contributed by atoms with E-state index in [1.165, 1.54) is 19.3 Å². The average molecular weight is 423 g/mol. The van der Waals surface area contributed by atoms with E-state index in [4.69, 9.17) is 0 Å². The minimum absolute atomic E-state index is 0. The van der Waals surface area contributed by atoms with Crippen LogP contribution in [0.3, 0.4) is 0 Å². The summed E-state index contributed by atoms with van der Waals surface area (Å²) < 4.78 is 0. The fourth-order valence-electron chi connectivity index (χ4n) is 4.78. The van der Waals surface area contributed by atoms with Gasteiger partial charge in [0.25, 0.3) is 0 Å². The van der Waals surface area contributed by atoms with Crippen LogP contribution in [0.15, 0.2) is 0 Å². The zero-order chi connectivity index (χ0) is 17.7. The molecule has 8 heteroatoms. The molecule has 3 aliphatic rings. The van der Waals surface area contributed by atoms with Crippen molar-refractivity contribution < 1.29 is 9.59 Å². The van der Waals surface area contributed by atoms with Crippen molar-refractivity contribution >= 4 is 36.6 Å². The normalized spacial score (nSPS) is 28.4. The van der Waals surface area contributed by atoms with Crippen molar-refractivity contribution in [1.82, 2.24) is 20.9 Å².